The van der Waals surface area contributed by atoms with Crippen LogP contribution in [-0.2, 0) is 11.2 Å². The molecule has 3 atom stereocenters. The molecule has 1 saturated carbocycles. The Kier molecular flexibility index (Phi) is 3.87. The highest BCUT2D eigenvalue weighted by Crippen LogP contribution is 2.41. The standard InChI is InChI=1S/C16H24N2O/c1-2-19-16(11-7-8-11)15(18-17)10-13-9-12-5-3-4-6-14(12)13/h3-6,11,13,15-16,18H,2,7-10,17H2,1H3. The molecule has 3 rings (SSSR count). The van der Waals surface area contributed by atoms with Crippen LogP contribution < -0.4 is 11.3 Å². The van der Waals surface area contributed by atoms with E-state index in [0.717, 1.165) is 18.9 Å². The summed E-state index contributed by atoms with van der Waals surface area (Å²) in [4.78, 5) is 0. The molecule has 104 valence electrons. The van der Waals surface area contributed by atoms with Crippen LogP contribution >= 0.6 is 0 Å². The zero-order valence-electron chi connectivity index (χ0n) is 11.6. The van der Waals surface area contributed by atoms with Crippen LogP contribution in [0.15, 0.2) is 24.3 Å². The Bertz CT molecular complexity index is 431. The summed E-state index contributed by atoms with van der Waals surface area (Å²) >= 11 is 0. The molecule has 0 aromatic heterocycles. The highest BCUT2D eigenvalue weighted by molar-refractivity contribution is 5.40. The van der Waals surface area contributed by atoms with E-state index >= 15 is 0 Å². The van der Waals surface area contributed by atoms with Gasteiger partial charge in [-0.2, -0.15) is 0 Å². The Hall–Kier alpha value is -0.900. The molecule has 3 nitrogen and oxygen atoms in total. The molecule has 3 heteroatoms. The molecule has 1 fully saturated rings. The lowest BCUT2D eigenvalue weighted by Gasteiger charge is -2.35. The van der Waals surface area contributed by atoms with Crippen LogP contribution in [-0.4, -0.2) is 18.8 Å². The van der Waals surface area contributed by atoms with Crippen molar-refractivity contribution in [1.82, 2.24) is 5.43 Å². The van der Waals surface area contributed by atoms with Crippen molar-refractivity contribution in [3.63, 3.8) is 0 Å². The Balaban J connectivity index is 1.64. The molecule has 0 bridgehead atoms. The monoisotopic (exact) mass is 260 g/mol. The quantitative estimate of drug-likeness (QED) is 0.584. The third kappa shape index (κ3) is 2.69. The summed E-state index contributed by atoms with van der Waals surface area (Å²) in [6.45, 7) is 2.85. The number of rotatable bonds is 7. The molecule has 0 radical (unpaired) electrons. The van der Waals surface area contributed by atoms with Crippen LogP contribution in [0.3, 0.4) is 0 Å². The van der Waals surface area contributed by atoms with Crippen molar-refractivity contribution in [2.24, 2.45) is 11.8 Å². The van der Waals surface area contributed by atoms with Crippen LogP contribution in [0, 0.1) is 5.92 Å². The lowest BCUT2D eigenvalue weighted by atomic mass is 9.73. The van der Waals surface area contributed by atoms with E-state index in [2.05, 4.69) is 36.6 Å². The number of nitrogens with one attached hydrogen (secondary N) is 1. The molecule has 1 aromatic carbocycles. The van der Waals surface area contributed by atoms with E-state index in [-0.39, 0.29) is 6.04 Å². The average Bonchev–Trinajstić information content (AvgIpc) is 3.23. The van der Waals surface area contributed by atoms with Gasteiger partial charge in [0.25, 0.3) is 0 Å². The molecule has 1 aromatic rings. The van der Waals surface area contributed by atoms with Crippen LogP contribution in [0.5, 0.6) is 0 Å². The summed E-state index contributed by atoms with van der Waals surface area (Å²) in [6.07, 6.45) is 5.17. The van der Waals surface area contributed by atoms with Crippen molar-refractivity contribution in [2.45, 2.75) is 50.7 Å². The number of fused-ring (bicyclic) bond motifs is 1. The first-order chi connectivity index (χ1) is 9.33. The maximum Gasteiger partial charge on any atom is 0.0769 e. The van der Waals surface area contributed by atoms with Gasteiger partial charge in [0, 0.05) is 12.6 Å². The van der Waals surface area contributed by atoms with Gasteiger partial charge in [0.1, 0.15) is 0 Å². The molecule has 2 aliphatic rings. The molecular formula is C16H24N2O. The predicted octanol–water partition coefficient (Wildman–Crippen LogP) is 2.36. The van der Waals surface area contributed by atoms with Crippen molar-refractivity contribution in [2.75, 3.05) is 6.61 Å². The Labute approximate surface area is 115 Å². The lowest BCUT2D eigenvalue weighted by molar-refractivity contribution is 0.0146. The summed E-state index contributed by atoms with van der Waals surface area (Å²) in [5.41, 5.74) is 6.02. The van der Waals surface area contributed by atoms with Crippen molar-refractivity contribution in [1.29, 1.82) is 0 Å². The fourth-order valence-corrected chi connectivity index (χ4v) is 3.37. The van der Waals surface area contributed by atoms with Crippen molar-refractivity contribution in [3.8, 4) is 0 Å². The van der Waals surface area contributed by atoms with E-state index in [1.54, 1.807) is 0 Å². The second-order valence-electron chi connectivity index (χ2n) is 5.87. The van der Waals surface area contributed by atoms with Gasteiger partial charge in [-0.15, -0.1) is 0 Å². The largest absolute Gasteiger partial charge is 0.377 e. The number of benzene rings is 1. The van der Waals surface area contributed by atoms with Gasteiger partial charge >= 0.3 is 0 Å². The fourth-order valence-electron chi connectivity index (χ4n) is 3.37. The first-order valence-corrected chi connectivity index (χ1v) is 7.49. The van der Waals surface area contributed by atoms with Gasteiger partial charge in [-0.1, -0.05) is 24.3 Å². The van der Waals surface area contributed by atoms with Crippen molar-refractivity contribution in [3.05, 3.63) is 35.4 Å². The van der Waals surface area contributed by atoms with Crippen molar-refractivity contribution < 1.29 is 4.74 Å². The summed E-state index contributed by atoms with van der Waals surface area (Å²) in [6, 6.07) is 9.03. The van der Waals surface area contributed by atoms with E-state index < -0.39 is 0 Å². The van der Waals surface area contributed by atoms with Gasteiger partial charge in [0.05, 0.1) is 6.10 Å². The zero-order valence-corrected chi connectivity index (χ0v) is 11.6. The van der Waals surface area contributed by atoms with Crippen LogP contribution in [0.1, 0.15) is 43.2 Å². The molecular weight excluding hydrogens is 236 g/mol. The minimum atomic E-state index is 0.283. The molecule has 3 unspecified atom stereocenters. The second kappa shape index (κ2) is 5.61. The molecule has 3 N–H and O–H groups in total. The SMILES string of the molecule is CCOC(C1CC1)C(CC1Cc2ccccc21)NN. The van der Waals surface area contributed by atoms with Gasteiger partial charge < -0.3 is 4.74 Å². The Morgan fingerprint density at radius 1 is 1.37 bits per heavy atom. The normalized spacial score (nSPS) is 24.4. The van der Waals surface area contributed by atoms with E-state index in [9.17, 15) is 0 Å². The van der Waals surface area contributed by atoms with Crippen LogP contribution in [0.25, 0.3) is 0 Å². The first kappa shape index (κ1) is 13.1. The molecule has 2 aliphatic carbocycles. The number of nitrogens with two attached hydrogens (primary N) is 1. The number of hydrazine groups is 1. The highest BCUT2D eigenvalue weighted by atomic mass is 16.5. The Morgan fingerprint density at radius 3 is 2.79 bits per heavy atom. The third-order valence-electron chi connectivity index (χ3n) is 4.56. The summed E-state index contributed by atoms with van der Waals surface area (Å²) in [5.74, 6) is 7.16. The molecule has 0 heterocycles. The molecule has 0 saturated heterocycles. The zero-order chi connectivity index (χ0) is 13.2. The van der Waals surface area contributed by atoms with Gasteiger partial charge in [-0.25, -0.2) is 0 Å². The van der Waals surface area contributed by atoms with E-state index in [1.807, 2.05) is 0 Å². The molecule has 0 amide bonds. The summed E-state index contributed by atoms with van der Waals surface area (Å²) < 4.78 is 5.93. The third-order valence-corrected chi connectivity index (χ3v) is 4.56. The van der Waals surface area contributed by atoms with E-state index in [4.69, 9.17) is 10.6 Å². The van der Waals surface area contributed by atoms with Gasteiger partial charge in [-0.3, -0.25) is 11.3 Å². The lowest BCUT2D eigenvalue weighted by Crippen LogP contribution is -2.48. The fraction of sp³-hybridized carbons (Fsp3) is 0.625. The van der Waals surface area contributed by atoms with E-state index in [1.165, 1.54) is 30.4 Å². The number of hydrogen-bond acceptors (Lipinski definition) is 3. The van der Waals surface area contributed by atoms with Crippen molar-refractivity contribution >= 4 is 0 Å². The molecule has 19 heavy (non-hydrogen) atoms. The number of hydrogen-bond donors (Lipinski definition) is 2. The Morgan fingerprint density at radius 2 is 2.16 bits per heavy atom. The maximum absolute atomic E-state index is 5.93. The van der Waals surface area contributed by atoms with Gasteiger partial charge in [0.2, 0.25) is 0 Å². The number of ether oxygens (including phenoxy) is 1. The molecule has 0 aliphatic heterocycles. The van der Waals surface area contributed by atoms with Gasteiger partial charge in [-0.05, 0) is 55.6 Å². The minimum Gasteiger partial charge on any atom is -0.377 e. The predicted molar refractivity (Wildman–Crippen MR) is 76.8 cm³/mol. The smallest absolute Gasteiger partial charge is 0.0769 e. The molecule has 0 spiro atoms. The first-order valence-electron chi connectivity index (χ1n) is 7.49. The van der Waals surface area contributed by atoms with E-state index in [0.29, 0.717) is 12.0 Å². The van der Waals surface area contributed by atoms with Crippen LogP contribution in [0.4, 0.5) is 0 Å². The maximum atomic E-state index is 5.93. The van der Waals surface area contributed by atoms with Crippen LogP contribution in [0.2, 0.25) is 0 Å². The minimum absolute atomic E-state index is 0.283. The topological polar surface area (TPSA) is 47.3 Å². The highest BCUT2D eigenvalue weighted by Gasteiger charge is 2.39. The summed E-state index contributed by atoms with van der Waals surface area (Å²) in [7, 11) is 0. The second-order valence-corrected chi connectivity index (χ2v) is 5.87. The van der Waals surface area contributed by atoms with Gasteiger partial charge in [0.15, 0.2) is 0 Å². The average molecular weight is 260 g/mol. The summed E-state index contributed by atoms with van der Waals surface area (Å²) in [5, 5.41) is 0.